The molecule has 1 amide bonds. The van der Waals surface area contributed by atoms with Crippen LogP contribution >= 0.6 is 0 Å². The lowest BCUT2D eigenvalue weighted by molar-refractivity contribution is 0.102. The van der Waals surface area contributed by atoms with Crippen molar-refractivity contribution in [3.8, 4) is 0 Å². The smallest absolute Gasteiger partial charge is 0.257 e. The molecule has 2 aliphatic rings. The van der Waals surface area contributed by atoms with Gasteiger partial charge in [0.05, 0.1) is 10.5 Å². The number of hydrogen-bond donors (Lipinski definition) is 1. The minimum absolute atomic E-state index is 0.167. The Bertz CT molecular complexity index is 1290. The fourth-order valence-electron chi connectivity index (χ4n) is 4.66. The van der Waals surface area contributed by atoms with Crippen LogP contribution in [0.5, 0.6) is 0 Å². The molecule has 8 nitrogen and oxygen atoms in total. The van der Waals surface area contributed by atoms with E-state index in [0.717, 1.165) is 50.9 Å². The zero-order valence-electron chi connectivity index (χ0n) is 18.7. The first-order valence-corrected chi connectivity index (χ1v) is 12.9. The predicted molar refractivity (Wildman–Crippen MR) is 127 cm³/mol. The standard InChI is InChI=1S/C24H28N4O4S/c1-17-25-21-15-18(7-10-23(21)32-17)26-24(29)20-16-19(8-9-22(20)27-11-5-6-12-27)33(30,31)28-13-3-2-4-14-28/h7-10,15-16H,2-6,11-14H2,1H3,(H,26,29). The number of amides is 1. The molecule has 0 saturated carbocycles. The molecule has 5 rings (SSSR count). The number of anilines is 2. The van der Waals surface area contributed by atoms with Gasteiger partial charge in [-0.15, -0.1) is 0 Å². The predicted octanol–water partition coefficient (Wildman–Crippen LogP) is 4.16. The number of sulfonamides is 1. The van der Waals surface area contributed by atoms with Gasteiger partial charge in [0.2, 0.25) is 10.0 Å². The fraction of sp³-hybridized carbons (Fsp3) is 0.417. The third kappa shape index (κ3) is 4.35. The Morgan fingerprint density at radius 2 is 1.70 bits per heavy atom. The van der Waals surface area contributed by atoms with Crippen molar-refractivity contribution in [2.45, 2.75) is 43.9 Å². The number of nitrogens with zero attached hydrogens (tertiary/aromatic N) is 3. The third-order valence-corrected chi connectivity index (χ3v) is 8.26. The molecular weight excluding hydrogens is 440 g/mol. The number of fused-ring (bicyclic) bond motifs is 1. The van der Waals surface area contributed by atoms with Crippen LogP contribution in [0.2, 0.25) is 0 Å². The van der Waals surface area contributed by atoms with Crippen molar-refractivity contribution in [1.29, 1.82) is 0 Å². The molecule has 2 saturated heterocycles. The van der Waals surface area contributed by atoms with E-state index in [1.54, 1.807) is 37.3 Å². The number of aryl methyl sites for hydroxylation is 1. The molecule has 0 spiro atoms. The maximum absolute atomic E-state index is 13.4. The third-order valence-electron chi connectivity index (χ3n) is 6.36. The van der Waals surface area contributed by atoms with E-state index in [4.69, 9.17) is 4.42 Å². The number of benzene rings is 2. The van der Waals surface area contributed by atoms with Crippen LogP contribution in [-0.4, -0.2) is 49.8 Å². The van der Waals surface area contributed by atoms with Crippen LogP contribution in [0.15, 0.2) is 45.7 Å². The lowest BCUT2D eigenvalue weighted by Gasteiger charge is -2.27. The summed E-state index contributed by atoms with van der Waals surface area (Å²) in [6, 6.07) is 10.2. The average molecular weight is 469 g/mol. The van der Waals surface area contributed by atoms with Gasteiger partial charge in [-0.05, 0) is 62.1 Å². The number of carbonyl (C=O) groups excluding carboxylic acids is 1. The summed E-state index contributed by atoms with van der Waals surface area (Å²) in [5.41, 5.74) is 3.02. The fourth-order valence-corrected chi connectivity index (χ4v) is 6.21. The van der Waals surface area contributed by atoms with Gasteiger partial charge in [0.1, 0.15) is 5.52 Å². The largest absolute Gasteiger partial charge is 0.441 e. The lowest BCUT2D eigenvalue weighted by Crippen LogP contribution is -2.35. The zero-order chi connectivity index (χ0) is 23.0. The number of rotatable bonds is 5. The summed E-state index contributed by atoms with van der Waals surface area (Å²) < 4.78 is 33.6. The molecule has 0 radical (unpaired) electrons. The Morgan fingerprint density at radius 3 is 2.45 bits per heavy atom. The van der Waals surface area contributed by atoms with Gasteiger partial charge >= 0.3 is 0 Å². The highest BCUT2D eigenvalue weighted by Gasteiger charge is 2.29. The maximum atomic E-state index is 13.4. The van der Waals surface area contributed by atoms with E-state index in [-0.39, 0.29) is 10.8 Å². The van der Waals surface area contributed by atoms with Gasteiger partial charge in [-0.25, -0.2) is 13.4 Å². The Morgan fingerprint density at radius 1 is 0.970 bits per heavy atom. The summed E-state index contributed by atoms with van der Waals surface area (Å²) in [5, 5.41) is 2.93. The maximum Gasteiger partial charge on any atom is 0.257 e. The van der Waals surface area contributed by atoms with Crippen molar-refractivity contribution in [3.63, 3.8) is 0 Å². The Kier molecular flexibility index (Phi) is 5.84. The molecule has 1 aromatic heterocycles. The molecule has 0 atom stereocenters. The second kappa shape index (κ2) is 8.79. The van der Waals surface area contributed by atoms with Crippen LogP contribution in [0.1, 0.15) is 48.4 Å². The first-order valence-electron chi connectivity index (χ1n) is 11.5. The molecule has 2 fully saturated rings. The number of carbonyl (C=O) groups is 1. The second-order valence-electron chi connectivity index (χ2n) is 8.71. The number of piperidine rings is 1. The van der Waals surface area contributed by atoms with Crippen molar-refractivity contribution in [3.05, 3.63) is 47.9 Å². The monoisotopic (exact) mass is 468 g/mol. The normalized spacial score (nSPS) is 17.5. The van der Waals surface area contributed by atoms with E-state index in [1.165, 1.54) is 10.4 Å². The van der Waals surface area contributed by atoms with Crippen LogP contribution in [0.4, 0.5) is 11.4 Å². The van der Waals surface area contributed by atoms with Gasteiger partial charge in [-0.1, -0.05) is 6.42 Å². The van der Waals surface area contributed by atoms with E-state index in [2.05, 4.69) is 15.2 Å². The summed E-state index contributed by atoms with van der Waals surface area (Å²) in [6.07, 6.45) is 4.88. The Hall–Kier alpha value is -2.91. The highest BCUT2D eigenvalue weighted by Crippen LogP contribution is 2.30. The number of hydrogen-bond acceptors (Lipinski definition) is 6. The van der Waals surface area contributed by atoms with Crippen molar-refractivity contribution in [1.82, 2.24) is 9.29 Å². The summed E-state index contributed by atoms with van der Waals surface area (Å²) in [7, 11) is -3.64. The van der Waals surface area contributed by atoms with E-state index in [9.17, 15) is 13.2 Å². The Balaban J connectivity index is 1.49. The van der Waals surface area contributed by atoms with Crippen molar-refractivity contribution < 1.29 is 17.6 Å². The minimum atomic E-state index is -3.64. The van der Waals surface area contributed by atoms with Crippen molar-refractivity contribution in [2.75, 3.05) is 36.4 Å². The van der Waals surface area contributed by atoms with Crippen LogP contribution in [0.25, 0.3) is 11.1 Å². The molecule has 0 bridgehead atoms. The zero-order valence-corrected chi connectivity index (χ0v) is 19.5. The van der Waals surface area contributed by atoms with Crippen molar-refractivity contribution >= 4 is 38.4 Å². The van der Waals surface area contributed by atoms with Crippen molar-refractivity contribution in [2.24, 2.45) is 0 Å². The Labute approximate surface area is 193 Å². The summed E-state index contributed by atoms with van der Waals surface area (Å²) in [6.45, 7) is 4.52. The topological polar surface area (TPSA) is 95.7 Å². The highest BCUT2D eigenvalue weighted by molar-refractivity contribution is 7.89. The van der Waals surface area contributed by atoms with Gasteiger partial charge in [-0.2, -0.15) is 4.31 Å². The van der Waals surface area contributed by atoms with Gasteiger partial charge in [0.25, 0.3) is 5.91 Å². The summed E-state index contributed by atoms with van der Waals surface area (Å²) >= 11 is 0. The molecule has 2 aliphatic heterocycles. The number of aromatic nitrogens is 1. The molecule has 2 aromatic carbocycles. The molecule has 174 valence electrons. The molecule has 0 unspecified atom stereocenters. The number of nitrogens with one attached hydrogen (secondary N) is 1. The molecule has 0 aliphatic carbocycles. The van der Waals surface area contributed by atoms with Gasteiger partial charge in [0.15, 0.2) is 11.5 Å². The van der Waals surface area contributed by atoms with Crippen LogP contribution in [-0.2, 0) is 10.0 Å². The number of oxazole rings is 1. The SMILES string of the molecule is Cc1nc2cc(NC(=O)c3cc(S(=O)(=O)N4CCCCC4)ccc3N3CCCC3)ccc2o1. The molecule has 33 heavy (non-hydrogen) atoms. The first kappa shape index (κ1) is 21.9. The lowest BCUT2D eigenvalue weighted by atomic mass is 10.1. The van der Waals surface area contributed by atoms with Crippen LogP contribution in [0, 0.1) is 6.92 Å². The van der Waals surface area contributed by atoms with Gasteiger partial charge < -0.3 is 14.6 Å². The molecular formula is C24H28N4O4S. The molecule has 3 heterocycles. The highest BCUT2D eigenvalue weighted by atomic mass is 32.2. The summed E-state index contributed by atoms with van der Waals surface area (Å²) in [4.78, 5) is 20.0. The molecule has 3 aromatic rings. The van der Waals surface area contributed by atoms with E-state index in [1.807, 2.05) is 0 Å². The first-order chi connectivity index (χ1) is 15.9. The summed E-state index contributed by atoms with van der Waals surface area (Å²) in [5.74, 6) is 0.215. The van der Waals surface area contributed by atoms with Gasteiger partial charge in [-0.3, -0.25) is 4.79 Å². The van der Waals surface area contributed by atoms with Gasteiger partial charge in [0, 0.05) is 44.5 Å². The van der Waals surface area contributed by atoms with Crippen LogP contribution < -0.4 is 10.2 Å². The van der Waals surface area contributed by atoms with E-state index in [0.29, 0.717) is 41.3 Å². The van der Waals surface area contributed by atoms with E-state index < -0.39 is 10.0 Å². The van der Waals surface area contributed by atoms with Crippen LogP contribution in [0.3, 0.4) is 0 Å². The average Bonchev–Trinajstić information content (AvgIpc) is 3.48. The quantitative estimate of drug-likeness (QED) is 0.604. The second-order valence-corrected chi connectivity index (χ2v) is 10.6. The molecule has 1 N–H and O–H groups in total. The molecule has 9 heteroatoms. The minimum Gasteiger partial charge on any atom is -0.441 e. The van der Waals surface area contributed by atoms with E-state index >= 15 is 0 Å².